The van der Waals surface area contributed by atoms with Crippen molar-refractivity contribution in [2.75, 3.05) is 32.7 Å². The van der Waals surface area contributed by atoms with Gasteiger partial charge in [0.15, 0.2) is 0 Å². The summed E-state index contributed by atoms with van der Waals surface area (Å²) in [7, 11) is 0. The molecule has 0 aliphatic carbocycles. The molecule has 1 aromatic heterocycles. The fourth-order valence-electron chi connectivity index (χ4n) is 3.83. The van der Waals surface area contributed by atoms with Crippen molar-refractivity contribution in [2.45, 2.75) is 26.4 Å². The van der Waals surface area contributed by atoms with Crippen LogP contribution in [0.2, 0.25) is 0 Å². The van der Waals surface area contributed by atoms with Crippen molar-refractivity contribution < 1.29 is 13.7 Å². The third-order valence-electron chi connectivity index (χ3n) is 5.87. The van der Waals surface area contributed by atoms with Crippen LogP contribution in [0.25, 0.3) is 11.4 Å². The fraction of sp³-hybridized carbons (Fsp3) is 0.375. The second-order valence-electron chi connectivity index (χ2n) is 8.17. The Balaban J connectivity index is 1.26. The van der Waals surface area contributed by atoms with Crippen LogP contribution in [0, 0.1) is 12.7 Å². The highest BCUT2D eigenvalue weighted by atomic mass is 19.1. The van der Waals surface area contributed by atoms with Gasteiger partial charge in [0.2, 0.25) is 17.6 Å². The molecule has 0 radical (unpaired) electrons. The standard InChI is InChI=1S/C24H28FN5O2/c1-17-14-20(8-9-21(17)25)23-27-24(32-28-23)18(2)30-12-10-29(11-13-30)16-22(31)26-15-19-6-4-3-5-7-19/h3-9,14,18H,10-13,15-16H2,1-2H3,(H,26,31). The first-order chi connectivity index (χ1) is 15.5. The lowest BCUT2D eigenvalue weighted by Gasteiger charge is -2.36. The predicted octanol–water partition coefficient (Wildman–Crippen LogP) is 3.18. The molecule has 2 heterocycles. The van der Waals surface area contributed by atoms with Gasteiger partial charge < -0.3 is 9.84 Å². The zero-order chi connectivity index (χ0) is 22.5. The van der Waals surface area contributed by atoms with Gasteiger partial charge >= 0.3 is 0 Å². The molecule has 7 nitrogen and oxygen atoms in total. The smallest absolute Gasteiger partial charge is 0.244 e. The number of nitrogens with zero attached hydrogens (tertiary/aromatic N) is 4. The van der Waals surface area contributed by atoms with Crippen LogP contribution in [0.1, 0.15) is 30.0 Å². The van der Waals surface area contributed by atoms with Gasteiger partial charge in [-0.3, -0.25) is 14.6 Å². The zero-order valence-electron chi connectivity index (χ0n) is 18.4. The maximum absolute atomic E-state index is 13.5. The summed E-state index contributed by atoms with van der Waals surface area (Å²) < 4.78 is 19.0. The SMILES string of the molecule is Cc1cc(-c2noc(C(C)N3CCN(CC(=O)NCc4ccccc4)CC3)n2)ccc1F. The number of aryl methyl sites for hydroxylation is 1. The molecule has 2 aromatic carbocycles. The Morgan fingerprint density at radius 1 is 1.16 bits per heavy atom. The Labute approximate surface area is 187 Å². The molecular formula is C24H28FN5O2. The number of hydrogen-bond acceptors (Lipinski definition) is 6. The van der Waals surface area contributed by atoms with E-state index in [9.17, 15) is 9.18 Å². The third-order valence-corrected chi connectivity index (χ3v) is 5.87. The van der Waals surface area contributed by atoms with Crippen LogP contribution >= 0.6 is 0 Å². The van der Waals surface area contributed by atoms with Crippen LogP contribution in [0.15, 0.2) is 53.1 Å². The number of carbonyl (C=O) groups is 1. The van der Waals surface area contributed by atoms with Crippen molar-refractivity contribution in [3.8, 4) is 11.4 Å². The average Bonchev–Trinajstić information content (AvgIpc) is 3.31. The second-order valence-corrected chi connectivity index (χ2v) is 8.17. The monoisotopic (exact) mass is 437 g/mol. The summed E-state index contributed by atoms with van der Waals surface area (Å²) in [4.78, 5) is 21.2. The van der Waals surface area contributed by atoms with Gasteiger partial charge in [-0.25, -0.2) is 4.39 Å². The molecule has 0 saturated carbocycles. The fourth-order valence-corrected chi connectivity index (χ4v) is 3.83. The summed E-state index contributed by atoms with van der Waals surface area (Å²) in [5.41, 5.74) is 2.37. The minimum absolute atomic E-state index is 0.0338. The summed E-state index contributed by atoms with van der Waals surface area (Å²) in [5, 5.41) is 7.06. The molecule has 1 saturated heterocycles. The van der Waals surface area contributed by atoms with E-state index in [0.29, 0.717) is 30.4 Å². The van der Waals surface area contributed by atoms with Crippen LogP contribution in [-0.2, 0) is 11.3 Å². The number of carbonyl (C=O) groups excluding carboxylic acids is 1. The first-order valence-electron chi connectivity index (χ1n) is 10.9. The van der Waals surface area contributed by atoms with E-state index >= 15 is 0 Å². The van der Waals surface area contributed by atoms with Crippen molar-refractivity contribution in [1.82, 2.24) is 25.3 Å². The molecular weight excluding hydrogens is 409 g/mol. The second kappa shape index (κ2) is 10.0. The van der Waals surface area contributed by atoms with E-state index in [1.54, 1.807) is 19.1 Å². The third kappa shape index (κ3) is 5.38. The van der Waals surface area contributed by atoms with Gasteiger partial charge in [0.25, 0.3) is 0 Å². The van der Waals surface area contributed by atoms with Gasteiger partial charge in [0, 0.05) is 38.3 Å². The number of benzene rings is 2. The topological polar surface area (TPSA) is 74.5 Å². The Morgan fingerprint density at radius 3 is 2.62 bits per heavy atom. The van der Waals surface area contributed by atoms with Crippen LogP contribution in [-0.4, -0.2) is 58.6 Å². The highest BCUT2D eigenvalue weighted by molar-refractivity contribution is 5.78. The van der Waals surface area contributed by atoms with Gasteiger partial charge in [-0.15, -0.1) is 0 Å². The highest BCUT2D eigenvalue weighted by Crippen LogP contribution is 2.24. The molecule has 8 heteroatoms. The highest BCUT2D eigenvalue weighted by Gasteiger charge is 2.26. The Hall–Kier alpha value is -3.10. The molecule has 1 fully saturated rings. The van der Waals surface area contributed by atoms with Gasteiger partial charge in [-0.2, -0.15) is 4.98 Å². The number of amides is 1. The molecule has 168 valence electrons. The van der Waals surface area contributed by atoms with E-state index in [1.807, 2.05) is 37.3 Å². The predicted molar refractivity (Wildman–Crippen MR) is 119 cm³/mol. The first-order valence-corrected chi connectivity index (χ1v) is 10.9. The van der Waals surface area contributed by atoms with Crippen molar-refractivity contribution in [1.29, 1.82) is 0 Å². The van der Waals surface area contributed by atoms with Crippen molar-refractivity contribution in [3.63, 3.8) is 0 Å². The molecule has 1 aliphatic rings. The van der Waals surface area contributed by atoms with Crippen molar-refractivity contribution >= 4 is 5.91 Å². The molecule has 1 unspecified atom stereocenters. The normalized spacial score (nSPS) is 16.1. The number of aromatic nitrogens is 2. The summed E-state index contributed by atoms with van der Waals surface area (Å²) in [6.07, 6.45) is 0. The average molecular weight is 438 g/mol. The molecule has 3 aromatic rings. The van der Waals surface area contributed by atoms with Gasteiger partial charge in [0.1, 0.15) is 5.82 Å². The summed E-state index contributed by atoms with van der Waals surface area (Å²) in [5.74, 6) is 0.781. The number of piperazine rings is 1. The summed E-state index contributed by atoms with van der Waals surface area (Å²) >= 11 is 0. The molecule has 32 heavy (non-hydrogen) atoms. The van der Waals surface area contributed by atoms with E-state index < -0.39 is 0 Å². The van der Waals surface area contributed by atoms with E-state index in [0.717, 1.165) is 37.3 Å². The van der Waals surface area contributed by atoms with E-state index in [4.69, 9.17) is 4.52 Å². The minimum Gasteiger partial charge on any atom is -0.351 e. The van der Waals surface area contributed by atoms with Crippen LogP contribution in [0.5, 0.6) is 0 Å². The van der Waals surface area contributed by atoms with Gasteiger partial charge in [-0.1, -0.05) is 35.5 Å². The van der Waals surface area contributed by atoms with Crippen molar-refractivity contribution in [2.24, 2.45) is 0 Å². The summed E-state index contributed by atoms with van der Waals surface area (Å²) in [6.45, 7) is 7.89. The Morgan fingerprint density at radius 2 is 1.91 bits per heavy atom. The van der Waals surface area contributed by atoms with Crippen LogP contribution in [0.4, 0.5) is 4.39 Å². The minimum atomic E-state index is -0.252. The Kier molecular flexibility index (Phi) is 6.92. The van der Waals surface area contributed by atoms with Crippen LogP contribution in [0.3, 0.4) is 0 Å². The lowest BCUT2D eigenvalue weighted by Crippen LogP contribution is -2.49. The quantitative estimate of drug-likeness (QED) is 0.612. The summed E-state index contributed by atoms with van der Waals surface area (Å²) in [6, 6.07) is 14.7. The van der Waals surface area contributed by atoms with E-state index in [-0.39, 0.29) is 17.8 Å². The molecule has 1 atom stereocenters. The molecule has 0 bridgehead atoms. The van der Waals surface area contributed by atoms with Gasteiger partial charge in [-0.05, 0) is 43.2 Å². The first kappa shape index (κ1) is 22.1. The maximum atomic E-state index is 13.5. The lowest BCUT2D eigenvalue weighted by atomic mass is 10.1. The molecule has 1 aliphatic heterocycles. The van der Waals surface area contributed by atoms with Crippen LogP contribution < -0.4 is 5.32 Å². The molecule has 1 N–H and O–H groups in total. The van der Waals surface area contributed by atoms with E-state index in [1.165, 1.54) is 6.07 Å². The Bertz CT molecular complexity index is 1050. The number of nitrogens with one attached hydrogen (secondary N) is 1. The molecule has 0 spiro atoms. The number of rotatable bonds is 7. The van der Waals surface area contributed by atoms with Crippen molar-refractivity contribution in [3.05, 3.63) is 71.4 Å². The number of halogens is 1. The molecule has 4 rings (SSSR count). The van der Waals surface area contributed by atoms with E-state index in [2.05, 4.69) is 25.3 Å². The van der Waals surface area contributed by atoms with Gasteiger partial charge in [0.05, 0.1) is 12.6 Å². The maximum Gasteiger partial charge on any atom is 0.244 e. The lowest BCUT2D eigenvalue weighted by molar-refractivity contribution is -0.122. The molecule has 1 amide bonds. The zero-order valence-corrected chi connectivity index (χ0v) is 18.4. The number of hydrogen-bond donors (Lipinski definition) is 1. The largest absolute Gasteiger partial charge is 0.351 e.